The fourth-order valence-corrected chi connectivity index (χ4v) is 3.98. The molecule has 0 radical (unpaired) electrons. The second-order valence-electron chi connectivity index (χ2n) is 7.23. The number of hydrogen-bond donors (Lipinski definition) is 1. The molecule has 1 atom stereocenters. The number of aliphatic imine (C=N–C) groups is 1. The molecule has 1 aromatic carbocycles. The average molecular weight is 407 g/mol. The van der Waals surface area contributed by atoms with Crippen molar-refractivity contribution in [1.82, 2.24) is 15.1 Å². The van der Waals surface area contributed by atoms with E-state index in [9.17, 15) is 0 Å². The molecule has 8 nitrogen and oxygen atoms in total. The molecule has 2 aliphatic rings. The molecule has 0 aromatic heterocycles. The summed E-state index contributed by atoms with van der Waals surface area (Å²) in [6.07, 6.45) is 1.16. The molecule has 29 heavy (non-hydrogen) atoms. The molecule has 162 valence electrons. The van der Waals surface area contributed by atoms with E-state index >= 15 is 0 Å². The Morgan fingerprint density at radius 1 is 1.07 bits per heavy atom. The molecule has 0 amide bonds. The minimum atomic E-state index is 0.505. The van der Waals surface area contributed by atoms with Crippen molar-refractivity contribution in [3.05, 3.63) is 17.7 Å². The molecule has 1 N–H and O–H groups in total. The third kappa shape index (κ3) is 5.25. The highest BCUT2D eigenvalue weighted by Crippen LogP contribution is 2.35. The van der Waals surface area contributed by atoms with Gasteiger partial charge >= 0.3 is 0 Å². The first kappa shape index (κ1) is 21.5. The number of guanidine groups is 1. The fourth-order valence-electron chi connectivity index (χ4n) is 3.98. The van der Waals surface area contributed by atoms with Gasteiger partial charge in [-0.3, -0.25) is 4.90 Å². The maximum atomic E-state index is 5.54. The van der Waals surface area contributed by atoms with Crippen LogP contribution in [0.25, 0.3) is 0 Å². The summed E-state index contributed by atoms with van der Waals surface area (Å²) < 4.78 is 21.9. The van der Waals surface area contributed by atoms with Crippen LogP contribution in [0.2, 0.25) is 0 Å². The van der Waals surface area contributed by atoms with Gasteiger partial charge in [0.1, 0.15) is 5.75 Å². The van der Waals surface area contributed by atoms with Gasteiger partial charge in [-0.1, -0.05) is 0 Å². The maximum absolute atomic E-state index is 5.54. The average Bonchev–Trinajstić information content (AvgIpc) is 3.26. The van der Waals surface area contributed by atoms with Crippen molar-refractivity contribution in [3.63, 3.8) is 0 Å². The number of likely N-dealkylation sites (tertiary alicyclic amines) is 1. The Bertz CT molecular complexity index is 692. The predicted octanol–water partition coefficient (Wildman–Crippen LogP) is 1.58. The molecular formula is C21H34N4O4. The van der Waals surface area contributed by atoms with Crippen LogP contribution in [-0.4, -0.2) is 89.1 Å². The minimum Gasteiger partial charge on any atom is -0.496 e. The zero-order valence-corrected chi connectivity index (χ0v) is 18.1. The van der Waals surface area contributed by atoms with Crippen molar-refractivity contribution >= 4 is 5.96 Å². The van der Waals surface area contributed by atoms with E-state index in [-0.39, 0.29) is 0 Å². The summed E-state index contributed by atoms with van der Waals surface area (Å²) in [7, 11) is 4.92. The van der Waals surface area contributed by atoms with Gasteiger partial charge in [0.05, 0.1) is 41.1 Å². The van der Waals surface area contributed by atoms with Crippen LogP contribution < -0.4 is 19.5 Å². The molecule has 8 heteroatoms. The summed E-state index contributed by atoms with van der Waals surface area (Å²) in [6, 6.07) is 4.35. The second kappa shape index (κ2) is 10.5. The first-order valence-corrected chi connectivity index (χ1v) is 10.3. The molecule has 0 spiro atoms. The summed E-state index contributed by atoms with van der Waals surface area (Å²) in [5.41, 5.74) is 0.962. The van der Waals surface area contributed by atoms with Gasteiger partial charge in [-0.2, -0.15) is 0 Å². The van der Waals surface area contributed by atoms with E-state index < -0.39 is 0 Å². The van der Waals surface area contributed by atoms with Crippen molar-refractivity contribution in [1.29, 1.82) is 0 Å². The topological polar surface area (TPSA) is 67.8 Å². The molecule has 2 heterocycles. The van der Waals surface area contributed by atoms with Crippen molar-refractivity contribution in [3.8, 4) is 17.2 Å². The highest BCUT2D eigenvalue weighted by atomic mass is 16.5. The molecule has 2 aliphatic heterocycles. The summed E-state index contributed by atoms with van der Waals surface area (Å²) in [6.45, 7) is 9.16. The SMILES string of the molecule is CCNC(=NCc1cc(OC)c(OC)cc1OC)N1CCC(N2CCOCC2)C1. The molecule has 1 aromatic rings. The van der Waals surface area contributed by atoms with Gasteiger partial charge in [0.2, 0.25) is 0 Å². The van der Waals surface area contributed by atoms with E-state index in [2.05, 4.69) is 22.0 Å². The highest BCUT2D eigenvalue weighted by Gasteiger charge is 2.30. The van der Waals surface area contributed by atoms with E-state index in [1.807, 2.05) is 12.1 Å². The van der Waals surface area contributed by atoms with Crippen LogP contribution in [0.1, 0.15) is 18.9 Å². The van der Waals surface area contributed by atoms with Gasteiger partial charge in [-0.15, -0.1) is 0 Å². The Hall–Kier alpha value is -2.19. The van der Waals surface area contributed by atoms with Gasteiger partial charge in [0, 0.05) is 50.4 Å². The normalized spacial score (nSPS) is 20.6. The Kier molecular flexibility index (Phi) is 7.83. The van der Waals surface area contributed by atoms with Crippen LogP contribution in [-0.2, 0) is 11.3 Å². The Labute approximate surface area is 173 Å². The van der Waals surface area contributed by atoms with Crippen LogP contribution in [0.15, 0.2) is 17.1 Å². The smallest absolute Gasteiger partial charge is 0.194 e. The largest absolute Gasteiger partial charge is 0.496 e. The van der Waals surface area contributed by atoms with Crippen molar-refractivity contribution in [2.24, 2.45) is 4.99 Å². The molecule has 0 aliphatic carbocycles. The van der Waals surface area contributed by atoms with Crippen LogP contribution in [0, 0.1) is 0 Å². The van der Waals surface area contributed by atoms with E-state index in [1.165, 1.54) is 0 Å². The Morgan fingerprint density at radius 2 is 1.76 bits per heavy atom. The quantitative estimate of drug-likeness (QED) is 0.545. The third-order valence-electron chi connectivity index (χ3n) is 5.55. The number of nitrogens with zero attached hydrogens (tertiary/aromatic N) is 3. The highest BCUT2D eigenvalue weighted by molar-refractivity contribution is 5.80. The lowest BCUT2D eigenvalue weighted by atomic mass is 10.1. The predicted molar refractivity (Wildman–Crippen MR) is 113 cm³/mol. The van der Waals surface area contributed by atoms with E-state index in [0.29, 0.717) is 24.1 Å². The lowest BCUT2D eigenvalue weighted by Gasteiger charge is -2.32. The van der Waals surface area contributed by atoms with Crippen LogP contribution in [0.5, 0.6) is 17.2 Å². The summed E-state index contributed by atoms with van der Waals surface area (Å²) in [4.78, 5) is 9.80. The number of methoxy groups -OCH3 is 3. The maximum Gasteiger partial charge on any atom is 0.194 e. The molecule has 0 saturated carbocycles. The van der Waals surface area contributed by atoms with Crippen molar-refractivity contribution in [2.75, 3.05) is 67.3 Å². The molecule has 2 saturated heterocycles. The molecule has 0 bridgehead atoms. The molecular weight excluding hydrogens is 372 g/mol. The summed E-state index contributed by atoms with van der Waals surface area (Å²) in [5, 5.41) is 3.44. The fraction of sp³-hybridized carbons (Fsp3) is 0.667. The lowest BCUT2D eigenvalue weighted by molar-refractivity contribution is 0.0195. The summed E-state index contributed by atoms with van der Waals surface area (Å²) >= 11 is 0. The van der Waals surface area contributed by atoms with E-state index in [0.717, 1.165) is 69.6 Å². The zero-order valence-electron chi connectivity index (χ0n) is 18.1. The number of hydrogen-bond acceptors (Lipinski definition) is 6. The van der Waals surface area contributed by atoms with Gasteiger partial charge < -0.3 is 29.2 Å². The monoisotopic (exact) mass is 406 g/mol. The summed E-state index contributed by atoms with van der Waals surface area (Å²) in [5.74, 6) is 3.02. The number of benzene rings is 1. The molecule has 2 fully saturated rings. The first-order valence-electron chi connectivity index (χ1n) is 10.3. The lowest BCUT2D eigenvalue weighted by Crippen LogP contribution is -2.46. The van der Waals surface area contributed by atoms with Gasteiger partial charge in [0.25, 0.3) is 0 Å². The molecule has 3 rings (SSSR count). The number of rotatable bonds is 7. The Balaban J connectivity index is 1.72. The molecule has 1 unspecified atom stereocenters. The van der Waals surface area contributed by atoms with Gasteiger partial charge in [0.15, 0.2) is 17.5 Å². The van der Waals surface area contributed by atoms with Gasteiger partial charge in [-0.05, 0) is 19.4 Å². The standard InChI is InChI=1S/C21H34N4O4/c1-5-22-21(25-7-6-17(15-25)24-8-10-29-11-9-24)23-14-16-12-19(27-3)20(28-4)13-18(16)26-2/h12-13,17H,5-11,14-15H2,1-4H3,(H,22,23). The first-order chi connectivity index (χ1) is 14.2. The van der Waals surface area contributed by atoms with Crippen LogP contribution in [0.4, 0.5) is 0 Å². The second-order valence-corrected chi connectivity index (χ2v) is 7.23. The number of nitrogens with one attached hydrogen (secondary N) is 1. The third-order valence-corrected chi connectivity index (χ3v) is 5.55. The zero-order chi connectivity index (χ0) is 20.6. The van der Waals surface area contributed by atoms with Crippen molar-refractivity contribution in [2.45, 2.75) is 25.9 Å². The van der Waals surface area contributed by atoms with Crippen LogP contribution in [0.3, 0.4) is 0 Å². The number of ether oxygens (including phenoxy) is 4. The van der Waals surface area contributed by atoms with Gasteiger partial charge in [-0.25, -0.2) is 4.99 Å². The number of morpholine rings is 1. The van der Waals surface area contributed by atoms with E-state index in [4.69, 9.17) is 23.9 Å². The van der Waals surface area contributed by atoms with Crippen molar-refractivity contribution < 1.29 is 18.9 Å². The minimum absolute atomic E-state index is 0.505. The van der Waals surface area contributed by atoms with Crippen LogP contribution >= 0.6 is 0 Å². The Morgan fingerprint density at radius 3 is 2.41 bits per heavy atom. The van der Waals surface area contributed by atoms with E-state index in [1.54, 1.807) is 21.3 Å².